The predicted molar refractivity (Wildman–Crippen MR) is 117 cm³/mol. The molecule has 0 amide bonds. The Kier molecular flexibility index (Phi) is 8.14. The molecule has 0 atom stereocenters. The third-order valence-electron chi connectivity index (χ3n) is 5.18. The van der Waals surface area contributed by atoms with E-state index in [1.54, 1.807) is 31.2 Å². The molecule has 6 heteroatoms. The van der Waals surface area contributed by atoms with E-state index in [-0.39, 0.29) is 29.2 Å². The van der Waals surface area contributed by atoms with Crippen molar-refractivity contribution in [3.8, 4) is 22.6 Å². The minimum atomic E-state index is -1.02. The second-order valence-corrected chi connectivity index (χ2v) is 7.42. The van der Waals surface area contributed by atoms with Gasteiger partial charge in [-0.2, -0.15) is 8.78 Å². The van der Waals surface area contributed by atoms with Crippen LogP contribution in [0, 0.1) is 23.3 Å². The van der Waals surface area contributed by atoms with Crippen LogP contribution in [-0.4, -0.2) is 13.2 Å². The van der Waals surface area contributed by atoms with Crippen LogP contribution in [-0.2, 0) is 12.8 Å². The van der Waals surface area contributed by atoms with Gasteiger partial charge in [-0.3, -0.25) is 0 Å². The van der Waals surface area contributed by atoms with Crippen LogP contribution < -0.4 is 9.47 Å². The zero-order chi connectivity index (χ0) is 23.1. The Hall–Kier alpha value is -3.02. The van der Waals surface area contributed by atoms with Gasteiger partial charge in [0.05, 0.1) is 13.2 Å². The molecular weight excluding hydrogens is 420 g/mol. The van der Waals surface area contributed by atoms with E-state index in [2.05, 4.69) is 0 Å². The van der Waals surface area contributed by atoms with E-state index in [4.69, 9.17) is 9.47 Å². The first-order valence-electron chi connectivity index (χ1n) is 10.8. The van der Waals surface area contributed by atoms with Crippen molar-refractivity contribution in [2.24, 2.45) is 0 Å². The predicted octanol–water partition coefficient (Wildman–Crippen LogP) is 7.27. The number of unbranched alkanes of at least 4 members (excludes halogenated alkanes) is 1. The molecule has 0 fully saturated rings. The Bertz CT molecular complexity index is 1050. The molecule has 0 saturated heterocycles. The number of ether oxygens (including phenoxy) is 2. The van der Waals surface area contributed by atoms with Crippen molar-refractivity contribution in [2.75, 3.05) is 13.2 Å². The van der Waals surface area contributed by atoms with Gasteiger partial charge in [0.15, 0.2) is 23.1 Å². The highest BCUT2D eigenvalue weighted by molar-refractivity contribution is 5.65. The summed E-state index contributed by atoms with van der Waals surface area (Å²) in [6.07, 6.45) is 2.43. The summed E-state index contributed by atoms with van der Waals surface area (Å²) >= 11 is 0. The fraction of sp³-hybridized carbons (Fsp3) is 0.308. The summed E-state index contributed by atoms with van der Waals surface area (Å²) in [4.78, 5) is 0. The van der Waals surface area contributed by atoms with Gasteiger partial charge in [0.25, 0.3) is 0 Å². The molecule has 0 aromatic heterocycles. The number of halogens is 4. The number of hydrogen-bond donors (Lipinski definition) is 0. The van der Waals surface area contributed by atoms with Crippen LogP contribution in [0.25, 0.3) is 11.1 Å². The van der Waals surface area contributed by atoms with Gasteiger partial charge in [-0.25, -0.2) is 8.78 Å². The van der Waals surface area contributed by atoms with Gasteiger partial charge in [-0.15, -0.1) is 0 Å². The second kappa shape index (κ2) is 11.0. The van der Waals surface area contributed by atoms with Crippen molar-refractivity contribution in [2.45, 2.75) is 39.5 Å². The van der Waals surface area contributed by atoms with E-state index in [1.165, 1.54) is 24.3 Å². The molecule has 0 saturated carbocycles. The first-order valence-corrected chi connectivity index (χ1v) is 10.8. The topological polar surface area (TPSA) is 18.5 Å². The molecule has 3 aromatic rings. The highest BCUT2D eigenvalue weighted by Gasteiger charge is 2.16. The Balaban J connectivity index is 1.68. The van der Waals surface area contributed by atoms with Crippen LogP contribution >= 0.6 is 0 Å². The minimum Gasteiger partial charge on any atom is -0.491 e. The van der Waals surface area contributed by atoms with Gasteiger partial charge in [-0.1, -0.05) is 43.7 Å². The molecule has 32 heavy (non-hydrogen) atoms. The molecule has 0 radical (unpaired) electrons. The molecule has 0 aliphatic rings. The fourth-order valence-corrected chi connectivity index (χ4v) is 3.35. The Labute approximate surface area is 185 Å². The lowest BCUT2D eigenvalue weighted by atomic mass is 9.99. The van der Waals surface area contributed by atoms with Crippen LogP contribution in [0.5, 0.6) is 11.5 Å². The van der Waals surface area contributed by atoms with E-state index in [0.29, 0.717) is 25.0 Å². The molecule has 0 heterocycles. The lowest BCUT2D eigenvalue weighted by Gasteiger charge is -2.11. The van der Waals surface area contributed by atoms with Gasteiger partial charge >= 0.3 is 0 Å². The largest absolute Gasteiger partial charge is 0.491 e. The molecule has 0 unspecified atom stereocenters. The van der Waals surface area contributed by atoms with Crippen molar-refractivity contribution in [1.29, 1.82) is 0 Å². The summed E-state index contributed by atoms with van der Waals surface area (Å²) < 4.78 is 67.5. The molecule has 2 nitrogen and oxygen atoms in total. The van der Waals surface area contributed by atoms with Gasteiger partial charge < -0.3 is 9.47 Å². The highest BCUT2D eigenvalue weighted by Crippen LogP contribution is 2.30. The minimum absolute atomic E-state index is 0.0753. The third kappa shape index (κ3) is 5.42. The zero-order valence-electron chi connectivity index (χ0n) is 18.2. The Morgan fingerprint density at radius 3 is 2.00 bits per heavy atom. The van der Waals surface area contributed by atoms with Crippen LogP contribution in [0.2, 0.25) is 0 Å². The third-order valence-corrected chi connectivity index (χ3v) is 5.18. The van der Waals surface area contributed by atoms with Crippen LogP contribution in [0.15, 0.2) is 48.5 Å². The second-order valence-electron chi connectivity index (χ2n) is 7.42. The maximum absolute atomic E-state index is 14.4. The molecule has 0 bridgehead atoms. The van der Waals surface area contributed by atoms with Crippen molar-refractivity contribution in [3.63, 3.8) is 0 Å². The lowest BCUT2D eigenvalue weighted by Crippen LogP contribution is -2.03. The number of aryl methyl sites for hydroxylation is 2. The summed E-state index contributed by atoms with van der Waals surface area (Å²) in [5.74, 6) is -4.06. The monoisotopic (exact) mass is 446 g/mol. The summed E-state index contributed by atoms with van der Waals surface area (Å²) in [6, 6.07) is 12.7. The van der Waals surface area contributed by atoms with Gasteiger partial charge in [0, 0.05) is 5.56 Å². The van der Waals surface area contributed by atoms with E-state index in [1.807, 2.05) is 6.92 Å². The number of rotatable bonds is 10. The maximum atomic E-state index is 14.4. The average Bonchev–Trinajstić information content (AvgIpc) is 2.80. The fourth-order valence-electron chi connectivity index (χ4n) is 3.35. The molecule has 0 aliphatic heterocycles. The van der Waals surface area contributed by atoms with Crippen LogP contribution in [0.3, 0.4) is 0 Å². The number of benzene rings is 3. The molecule has 170 valence electrons. The smallest absolute Gasteiger partial charge is 0.201 e. The number of hydrogen-bond acceptors (Lipinski definition) is 2. The molecule has 3 rings (SSSR count). The lowest BCUT2D eigenvalue weighted by molar-refractivity contribution is 0.288. The van der Waals surface area contributed by atoms with Crippen molar-refractivity contribution in [1.82, 2.24) is 0 Å². The molecule has 3 aromatic carbocycles. The molecule has 0 aliphatic carbocycles. The van der Waals surface area contributed by atoms with Gasteiger partial charge in [0.2, 0.25) is 11.6 Å². The van der Waals surface area contributed by atoms with Gasteiger partial charge in [0.1, 0.15) is 0 Å². The van der Waals surface area contributed by atoms with Crippen molar-refractivity contribution < 1.29 is 27.0 Å². The summed E-state index contributed by atoms with van der Waals surface area (Å²) in [5, 5.41) is 0. The molecule has 0 N–H and O–H groups in total. The van der Waals surface area contributed by atoms with E-state index in [9.17, 15) is 17.6 Å². The standard InChI is InChI=1S/C26H26F4O2/c1-3-5-16-32-22-14-12-19(23(27)25(22)29)11-8-17-6-9-18(10-7-17)20-13-15-21(31-4-2)26(30)24(20)28/h6-7,9-10,12-15H,3-5,8,11,16H2,1-2H3. The van der Waals surface area contributed by atoms with E-state index < -0.39 is 23.3 Å². The SMILES string of the molecule is CCCCOc1ccc(CCc2ccc(-c3ccc(OCC)c(F)c3F)cc2)c(F)c1F. The summed E-state index contributed by atoms with van der Waals surface area (Å²) in [6.45, 7) is 4.27. The first kappa shape index (κ1) is 23.6. The molecular formula is C26H26F4O2. The molecule has 0 spiro atoms. The highest BCUT2D eigenvalue weighted by atomic mass is 19.2. The normalized spacial score (nSPS) is 10.9. The maximum Gasteiger partial charge on any atom is 0.201 e. The van der Waals surface area contributed by atoms with Crippen molar-refractivity contribution >= 4 is 0 Å². The first-order chi connectivity index (χ1) is 15.5. The quantitative estimate of drug-likeness (QED) is 0.241. The van der Waals surface area contributed by atoms with E-state index in [0.717, 1.165) is 18.4 Å². The van der Waals surface area contributed by atoms with Gasteiger partial charge in [-0.05, 0) is 61.1 Å². The van der Waals surface area contributed by atoms with Crippen molar-refractivity contribution in [3.05, 3.63) is 82.9 Å². The zero-order valence-corrected chi connectivity index (χ0v) is 18.2. The van der Waals surface area contributed by atoms with Crippen LogP contribution in [0.4, 0.5) is 17.6 Å². The Morgan fingerprint density at radius 1 is 0.656 bits per heavy atom. The summed E-state index contributed by atoms with van der Waals surface area (Å²) in [7, 11) is 0. The van der Waals surface area contributed by atoms with Crippen LogP contribution in [0.1, 0.15) is 37.8 Å². The Morgan fingerprint density at radius 2 is 1.31 bits per heavy atom. The average molecular weight is 446 g/mol. The van der Waals surface area contributed by atoms with E-state index >= 15 is 0 Å². The summed E-state index contributed by atoms with van der Waals surface area (Å²) in [5.41, 5.74) is 1.76.